The van der Waals surface area contributed by atoms with Gasteiger partial charge in [-0.25, -0.2) is 9.97 Å². The molecule has 2 atom stereocenters. The molecule has 45 heavy (non-hydrogen) atoms. The Morgan fingerprint density at radius 1 is 1.16 bits per heavy atom. The van der Waals surface area contributed by atoms with E-state index in [9.17, 15) is 14.7 Å². The predicted octanol–water partition coefficient (Wildman–Crippen LogP) is 4.07. The second kappa shape index (κ2) is 11.3. The Balaban J connectivity index is 1.13. The monoisotopic (exact) mass is 646 g/mol. The quantitative estimate of drug-likeness (QED) is 0.255. The standard InChI is InChI=1S/C31H31ClN8O4S/c1-17-26(33)31(15-44-17)10-13-39(14-11-31)22-8-7-21(28-35-16-36-40(22)28)45-20-9-12-34-27(24(20)32)37-29(42)23-25(41)18-5-3-4-6-19(18)38(2)30(23)43/h3-9,12,16-17,26,41H,10-11,13-15,33H2,1-2H3,(H,34,37,42). The summed E-state index contributed by atoms with van der Waals surface area (Å²) in [6.07, 6.45) is 4.99. The largest absolute Gasteiger partial charge is 0.506 e. The first-order valence-electron chi connectivity index (χ1n) is 14.6. The lowest BCUT2D eigenvalue weighted by Crippen LogP contribution is -2.50. The first-order chi connectivity index (χ1) is 21.7. The van der Waals surface area contributed by atoms with Crippen molar-refractivity contribution in [1.82, 2.24) is 24.1 Å². The van der Waals surface area contributed by atoms with Crippen molar-refractivity contribution in [3.63, 3.8) is 0 Å². The second-order valence-corrected chi connectivity index (χ2v) is 13.0. The first-order valence-corrected chi connectivity index (χ1v) is 15.8. The van der Waals surface area contributed by atoms with Gasteiger partial charge in [-0.15, -0.1) is 0 Å². The summed E-state index contributed by atoms with van der Waals surface area (Å²) in [7, 11) is 1.54. The molecule has 2 unspecified atom stereocenters. The fraction of sp³-hybridized carbons (Fsp3) is 0.323. The number of para-hydroxylation sites is 1. The summed E-state index contributed by atoms with van der Waals surface area (Å²) in [6.45, 7) is 4.42. The number of hydrogen-bond donors (Lipinski definition) is 3. The van der Waals surface area contributed by atoms with Crippen LogP contribution >= 0.6 is 23.4 Å². The van der Waals surface area contributed by atoms with Gasteiger partial charge in [0.1, 0.15) is 23.5 Å². The number of carbonyl (C=O) groups is 1. The van der Waals surface area contributed by atoms with E-state index >= 15 is 0 Å². The summed E-state index contributed by atoms with van der Waals surface area (Å²) in [5.41, 5.74) is 6.66. The Morgan fingerprint density at radius 3 is 2.69 bits per heavy atom. The van der Waals surface area contributed by atoms with Gasteiger partial charge in [0.05, 0.1) is 28.1 Å². The SMILES string of the molecule is CC1OCC2(CCN(c3ccc(Sc4ccnc(NC(=O)c5c(O)c6ccccc6n(C)c5=O)c4Cl)c4ncnn34)CC2)C1N. The molecule has 14 heteroatoms. The van der Waals surface area contributed by atoms with Crippen LogP contribution in [0.25, 0.3) is 16.6 Å². The smallest absolute Gasteiger partial charge is 0.267 e. The van der Waals surface area contributed by atoms with Crippen LogP contribution in [0.1, 0.15) is 30.1 Å². The molecule has 6 heterocycles. The van der Waals surface area contributed by atoms with E-state index in [2.05, 4.69) is 25.3 Å². The van der Waals surface area contributed by atoms with E-state index in [1.165, 1.54) is 28.9 Å². The molecule has 5 aromatic rings. The average Bonchev–Trinajstić information content (AvgIpc) is 3.65. The van der Waals surface area contributed by atoms with E-state index in [4.69, 9.17) is 22.1 Å². The third kappa shape index (κ3) is 4.90. The maximum absolute atomic E-state index is 13.3. The maximum Gasteiger partial charge on any atom is 0.267 e. The minimum atomic E-state index is -0.817. The van der Waals surface area contributed by atoms with Crippen LogP contribution in [0, 0.1) is 5.41 Å². The van der Waals surface area contributed by atoms with Gasteiger partial charge in [0, 0.05) is 48.1 Å². The number of aromatic nitrogens is 5. The number of halogens is 1. The molecule has 2 aliphatic heterocycles. The lowest BCUT2D eigenvalue weighted by atomic mass is 9.73. The summed E-state index contributed by atoms with van der Waals surface area (Å²) in [6, 6.07) is 12.6. The molecule has 1 aromatic carbocycles. The van der Waals surface area contributed by atoms with Gasteiger partial charge < -0.3 is 30.4 Å². The molecule has 2 aliphatic rings. The molecule has 0 bridgehead atoms. The van der Waals surface area contributed by atoms with Gasteiger partial charge in [0.25, 0.3) is 11.5 Å². The fourth-order valence-electron chi connectivity index (χ4n) is 6.41. The van der Waals surface area contributed by atoms with Crippen molar-refractivity contribution in [3.05, 3.63) is 75.9 Å². The number of nitrogens with one attached hydrogen (secondary N) is 1. The van der Waals surface area contributed by atoms with Gasteiger partial charge in [-0.05, 0) is 50.1 Å². The van der Waals surface area contributed by atoms with Crippen LogP contribution in [-0.4, -0.2) is 67.0 Å². The normalized spacial score (nSPS) is 19.5. The number of nitrogens with zero attached hydrogens (tertiary/aromatic N) is 6. The zero-order valence-corrected chi connectivity index (χ0v) is 26.2. The molecule has 7 rings (SSSR count). The van der Waals surface area contributed by atoms with E-state index in [0.29, 0.717) is 28.1 Å². The van der Waals surface area contributed by atoms with Crippen LogP contribution in [0.4, 0.5) is 11.6 Å². The highest BCUT2D eigenvalue weighted by molar-refractivity contribution is 7.99. The molecule has 0 saturated carbocycles. The van der Waals surface area contributed by atoms with Gasteiger partial charge in [-0.2, -0.15) is 9.61 Å². The van der Waals surface area contributed by atoms with Crippen molar-refractivity contribution in [3.8, 4) is 5.75 Å². The number of ether oxygens (including phenoxy) is 1. The molecule has 0 radical (unpaired) electrons. The molecule has 2 fully saturated rings. The number of aromatic hydroxyl groups is 1. The van der Waals surface area contributed by atoms with Gasteiger partial charge in [0.2, 0.25) is 0 Å². The molecular formula is C31H31ClN8O4S. The lowest BCUT2D eigenvalue weighted by molar-refractivity contribution is 0.0973. The summed E-state index contributed by atoms with van der Waals surface area (Å²) < 4.78 is 9.03. The van der Waals surface area contributed by atoms with Crippen molar-refractivity contribution in [2.45, 2.75) is 41.7 Å². The third-order valence-corrected chi connectivity index (χ3v) is 10.7. The predicted molar refractivity (Wildman–Crippen MR) is 172 cm³/mol. The highest BCUT2D eigenvalue weighted by Gasteiger charge is 2.47. The van der Waals surface area contributed by atoms with Crippen LogP contribution in [0.3, 0.4) is 0 Å². The molecule has 12 nitrogen and oxygen atoms in total. The number of hydrogen-bond acceptors (Lipinski definition) is 10. The van der Waals surface area contributed by atoms with E-state index in [0.717, 1.165) is 36.6 Å². The van der Waals surface area contributed by atoms with Crippen LogP contribution < -0.4 is 21.5 Å². The van der Waals surface area contributed by atoms with E-state index < -0.39 is 22.8 Å². The number of amides is 1. The molecule has 1 amide bonds. The van der Waals surface area contributed by atoms with Gasteiger partial charge in [-0.3, -0.25) is 9.59 Å². The van der Waals surface area contributed by atoms with Crippen molar-refractivity contribution < 1.29 is 14.6 Å². The molecule has 2 saturated heterocycles. The van der Waals surface area contributed by atoms with Crippen molar-refractivity contribution >= 4 is 57.5 Å². The number of aryl methyl sites for hydroxylation is 1. The van der Waals surface area contributed by atoms with Crippen LogP contribution in [0.2, 0.25) is 5.02 Å². The van der Waals surface area contributed by atoms with E-state index in [-0.39, 0.29) is 28.4 Å². The zero-order chi connectivity index (χ0) is 31.5. The van der Waals surface area contributed by atoms with Gasteiger partial charge >= 0.3 is 0 Å². The Kier molecular flexibility index (Phi) is 7.43. The minimum absolute atomic E-state index is 0.0123. The molecule has 1 spiro atoms. The maximum atomic E-state index is 13.3. The topological polar surface area (TPSA) is 153 Å². The first kappa shape index (κ1) is 29.5. The van der Waals surface area contributed by atoms with Crippen LogP contribution in [0.15, 0.2) is 69.6 Å². The number of anilines is 2. The van der Waals surface area contributed by atoms with Crippen molar-refractivity contribution in [2.75, 3.05) is 29.9 Å². The van der Waals surface area contributed by atoms with Crippen molar-refractivity contribution in [1.29, 1.82) is 0 Å². The highest BCUT2D eigenvalue weighted by Crippen LogP contribution is 2.43. The Hall–Kier alpha value is -4.17. The average molecular weight is 647 g/mol. The number of carbonyl (C=O) groups excluding carboxylic acids is 1. The molecular weight excluding hydrogens is 616 g/mol. The number of benzene rings is 1. The summed E-state index contributed by atoms with van der Waals surface area (Å²) >= 11 is 8.09. The molecule has 4 N–H and O–H groups in total. The Labute approximate surface area is 267 Å². The summed E-state index contributed by atoms with van der Waals surface area (Å²) in [5, 5.41) is 18.5. The van der Waals surface area contributed by atoms with E-state index in [1.54, 1.807) is 37.4 Å². The molecule has 0 aliphatic carbocycles. The van der Waals surface area contributed by atoms with Gasteiger partial charge in [-0.1, -0.05) is 35.5 Å². The lowest BCUT2D eigenvalue weighted by Gasteiger charge is -2.42. The molecule has 4 aromatic heterocycles. The van der Waals surface area contributed by atoms with Crippen LogP contribution in [0.5, 0.6) is 5.75 Å². The Bertz CT molecular complexity index is 2020. The van der Waals surface area contributed by atoms with E-state index in [1.807, 2.05) is 23.6 Å². The fourth-order valence-corrected chi connectivity index (χ4v) is 7.60. The number of pyridine rings is 3. The third-order valence-electron chi connectivity index (χ3n) is 9.11. The highest BCUT2D eigenvalue weighted by atomic mass is 35.5. The van der Waals surface area contributed by atoms with Crippen molar-refractivity contribution in [2.24, 2.45) is 18.2 Å². The summed E-state index contributed by atoms with van der Waals surface area (Å²) in [5.74, 6) is -0.226. The minimum Gasteiger partial charge on any atom is -0.506 e. The zero-order valence-electron chi connectivity index (χ0n) is 24.6. The molecule has 232 valence electrons. The number of nitrogens with two attached hydrogens (primary N) is 1. The summed E-state index contributed by atoms with van der Waals surface area (Å²) in [4.78, 5) is 38.8. The van der Waals surface area contributed by atoms with Gasteiger partial charge in [0.15, 0.2) is 11.5 Å². The second-order valence-electron chi connectivity index (χ2n) is 11.6. The number of piperidine rings is 1. The number of fused-ring (bicyclic) bond motifs is 2. The number of rotatable bonds is 5. The van der Waals surface area contributed by atoms with Crippen LogP contribution in [-0.2, 0) is 11.8 Å². The Morgan fingerprint density at radius 2 is 1.93 bits per heavy atom.